The van der Waals surface area contributed by atoms with Crippen molar-refractivity contribution in [2.24, 2.45) is 0 Å². The minimum atomic E-state index is -0.546. The number of amides is 1. The van der Waals surface area contributed by atoms with E-state index in [-0.39, 0.29) is 17.5 Å². The van der Waals surface area contributed by atoms with Crippen LogP contribution in [0.1, 0.15) is 15.9 Å². The van der Waals surface area contributed by atoms with Crippen LogP contribution in [-0.4, -0.2) is 21.1 Å². The number of hydrogen-bond donors (Lipinski definition) is 4. The maximum absolute atomic E-state index is 14.2. The zero-order chi connectivity index (χ0) is 15.3. The third-order valence-electron chi connectivity index (χ3n) is 3.63. The Bertz CT molecular complexity index is 919. The van der Waals surface area contributed by atoms with Crippen molar-refractivity contribution in [3.05, 3.63) is 41.2 Å². The van der Waals surface area contributed by atoms with Gasteiger partial charge in [-0.15, -0.1) is 0 Å². The number of nitrogen functional groups attached to an aromatic ring is 1. The summed E-state index contributed by atoms with van der Waals surface area (Å²) in [6.45, 7) is 0.401. The van der Waals surface area contributed by atoms with Crippen molar-refractivity contribution < 1.29 is 9.18 Å². The molecule has 8 heteroatoms. The lowest BCUT2D eigenvalue weighted by molar-refractivity contribution is 0.0966. The quantitative estimate of drug-likeness (QED) is 0.575. The normalized spacial score (nSPS) is 13.2. The van der Waals surface area contributed by atoms with Crippen LogP contribution in [0, 0.1) is 5.82 Å². The van der Waals surface area contributed by atoms with Gasteiger partial charge in [0.15, 0.2) is 23.1 Å². The number of aromatic nitrogens is 3. The fourth-order valence-corrected chi connectivity index (χ4v) is 2.53. The second-order valence-corrected chi connectivity index (χ2v) is 4.96. The molecule has 4 rings (SSSR count). The van der Waals surface area contributed by atoms with Crippen LogP contribution in [-0.2, 0) is 6.54 Å². The second kappa shape index (κ2) is 4.42. The predicted molar refractivity (Wildman–Crippen MR) is 79.2 cm³/mol. The number of nitrogens with one attached hydrogen (secondary N) is 3. The summed E-state index contributed by atoms with van der Waals surface area (Å²) in [5.41, 5.74) is 8.02. The summed E-state index contributed by atoms with van der Waals surface area (Å²) in [6.07, 6.45) is 0. The molecule has 0 radical (unpaired) electrons. The first-order chi connectivity index (χ1) is 10.6. The van der Waals surface area contributed by atoms with E-state index in [1.807, 2.05) is 0 Å². The number of nitrogens with zero attached hydrogens (tertiary/aromatic N) is 2. The Balaban J connectivity index is 1.79. The molecule has 0 aliphatic carbocycles. The summed E-state index contributed by atoms with van der Waals surface area (Å²) < 4.78 is 14.2. The van der Waals surface area contributed by atoms with E-state index in [9.17, 15) is 9.18 Å². The van der Waals surface area contributed by atoms with Gasteiger partial charge in [0.25, 0.3) is 5.91 Å². The van der Waals surface area contributed by atoms with E-state index >= 15 is 0 Å². The molecule has 2 aromatic heterocycles. The minimum absolute atomic E-state index is 0.0453. The summed E-state index contributed by atoms with van der Waals surface area (Å²) in [6, 6.07) is 6.50. The lowest BCUT2D eigenvalue weighted by Gasteiger charge is -2.10. The monoisotopic (exact) mass is 298 g/mol. The van der Waals surface area contributed by atoms with Crippen LogP contribution in [0.2, 0.25) is 0 Å². The summed E-state index contributed by atoms with van der Waals surface area (Å²) >= 11 is 0. The number of aromatic amines is 1. The van der Waals surface area contributed by atoms with E-state index in [2.05, 4.69) is 25.8 Å². The van der Waals surface area contributed by atoms with Crippen LogP contribution >= 0.6 is 0 Å². The molecule has 7 nitrogen and oxygen atoms in total. The number of hydrogen-bond acceptors (Lipinski definition) is 5. The van der Waals surface area contributed by atoms with Gasteiger partial charge in [-0.2, -0.15) is 5.10 Å². The molecule has 3 heterocycles. The SMILES string of the molecule is Nc1n[nH]c2nc(Nc3cccc4c3CNC4=O)c(F)cc12. The highest BCUT2D eigenvalue weighted by Gasteiger charge is 2.22. The molecule has 0 fully saturated rings. The molecule has 110 valence electrons. The van der Waals surface area contributed by atoms with Crippen molar-refractivity contribution in [3.63, 3.8) is 0 Å². The average Bonchev–Trinajstić information content (AvgIpc) is 3.05. The largest absolute Gasteiger partial charge is 0.382 e. The minimum Gasteiger partial charge on any atom is -0.382 e. The van der Waals surface area contributed by atoms with Gasteiger partial charge >= 0.3 is 0 Å². The van der Waals surface area contributed by atoms with Gasteiger partial charge in [0.1, 0.15) is 0 Å². The van der Waals surface area contributed by atoms with Crippen LogP contribution in [0.15, 0.2) is 24.3 Å². The molecule has 1 aliphatic heterocycles. The molecule has 0 spiro atoms. The van der Waals surface area contributed by atoms with E-state index in [4.69, 9.17) is 5.73 Å². The maximum atomic E-state index is 14.2. The van der Waals surface area contributed by atoms with Gasteiger partial charge in [-0.3, -0.25) is 9.89 Å². The summed E-state index contributed by atoms with van der Waals surface area (Å²) in [5, 5.41) is 12.5. The maximum Gasteiger partial charge on any atom is 0.251 e. The number of fused-ring (bicyclic) bond motifs is 2. The number of nitrogens with two attached hydrogens (primary N) is 1. The first-order valence-corrected chi connectivity index (χ1v) is 6.60. The lowest BCUT2D eigenvalue weighted by atomic mass is 10.1. The number of pyridine rings is 1. The van der Waals surface area contributed by atoms with Gasteiger partial charge < -0.3 is 16.4 Å². The molecule has 5 N–H and O–H groups in total. The molecule has 1 aliphatic rings. The molecule has 0 saturated carbocycles. The van der Waals surface area contributed by atoms with Gasteiger partial charge in [-0.25, -0.2) is 9.37 Å². The Kier molecular flexibility index (Phi) is 2.52. The van der Waals surface area contributed by atoms with Crippen molar-refractivity contribution >= 4 is 34.3 Å². The Morgan fingerprint density at radius 1 is 1.36 bits per heavy atom. The summed E-state index contributed by atoms with van der Waals surface area (Å²) in [7, 11) is 0. The van der Waals surface area contributed by atoms with Crippen molar-refractivity contribution in [2.45, 2.75) is 6.54 Å². The van der Waals surface area contributed by atoms with Crippen LogP contribution in [0.4, 0.5) is 21.7 Å². The molecule has 22 heavy (non-hydrogen) atoms. The molecule has 0 saturated heterocycles. The van der Waals surface area contributed by atoms with Gasteiger partial charge in [-0.1, -0.05) is 6.07 Å². The fourth-order valence-electron chi connectivity index (χ4n) is 2.53. The Labute approximate surface area is 123 Å². The third-order valence-corrected chi connectivity index (χ3v) is 3.63. The van der Waals surface area contributed by atoms with Crippen LogP contribution < -0.4 is 16.4 Å². The molecule has 1 aromatic carbocycles. The first kappa shape index (κ1) is 12.6. The molecular weight excluding hydrogens is 287 g/mol. The second-order valence-electron chi connectivity index (χ2n) is 4.96. The fraction of sp³-hybridized carbons (Fsp3) is 0.0714. The van der Waals surface area contributed by atoms with E-state index in [1.54, 1.807) is 18.2 Å². The number of carbonyl (C=O) groups is 1. The first-order valence-electron chi connectivity index (χ1n) is 6.60. The number of H-pyrrole nitrogens is 1. The van der Waals surface area contributed by atoms with Crippen molar-refractivity contribution in [3.8, 4) is 0 Å². The van der Waals surface area contributed by atoms with Crippen LogP contribution in [0.3, 0.4) is 0 Å². The number of halogens is 1. The Morgan fingerprint density at radius 3 is 3.09 bits per heavy atom. The highest BCUT2D eigenvalue weighted by atomic mass is 19.1. The Morgan fingerprint density at radius 2 is 2.23 bits per heavy atom. The van der Waals surface area contributed by atoms with E-state index in [0.717, 1.165) is 5.56 Å². The highest BCUT2D eigenvalue weighted by Crippen LogP contribution is 2.29. The van der Waals surface area contributed by atoms with Crippen molar-refractivity contribution in [1.29, 1.82) is 0 Å². The van der Waals surface area contributed by atoms with Gasteiger partial charge in [0.05, 0.1) is 5.39 Å². The highest BCUT2D eigenvalue weighted by molar-refractivity contribution is 6.00. The number of rotatable bonds is 2. The van der Waals surface area contributed by atoms with Gasteiger partial charge in [-0.05, 0) is 18.2 Å². The molecular formula is C14H11FN6O. The lowest BCUT2D eigenvalue weighted by Crippen LogP contribution is -2.12. The summed E-state index contributed by atoms with van der Waals surface area (Å²) in [5.74, 6) is -0.438. The van der Waals surface area contributed by atoms with E-state index < -0.39 is 5.82 Å². The third kappa shape index (κ3) is 1.77. The van der Waals surface area contributed by atoms with Crippen molar-refractivity contribution in [2.75, 3.05) is 11.1 Å². The van der Waals surface area contributed by atoms with Crippen LogP contribution in [0.5, 0.6) is 0 Å². The smallest absolute Gasteiger partial charge is 0.251 e. The molecule has 3 aromatic rings. The van der Waals surface area contributed by atoms with Crippen LogP contribution in [0.25, 0.3) is 11.0 Å². The molecule has 1 amide bonds. The number of carbonyl (C=O) groups excluding carboxylic acids is 1. The topological polar surface area (TPSA) is 109 Å². The number of benzene rings is 1. The Hall–Kier alpha value is -3.16. The standard InChI is InChI=1S/C14H11FN6O/c15-9-4-7-11(16)20-21-12(7)19-13(9)18-10-3-1-2-6-8(10)5-17-14(6)22/h1-4H,5H2,(H,17,22)(H4,16,18,19,20,21). The number of anilines is 3. The van der Waals surface area contributed by atoms with Gasteiger partial charge in [0.2, 0.25) is 0 Å². The van der Waals surface area contributed by atoms with E-state index in [0.29, 0.717) is 28.8 Å². The molecule has 0 atom stereocenters. The van der Waals surface area contributed by atoms with Crippen molar-refractivity contribution in [1.82, 2.24) is 20.5 Å². The zero-order valence-electron chi connectivity index (χ0n) is 11.3. The van der Waals surface area contributed by atoms with E-state index in [1.165, 1.54) is 6.07 Å². The van der Waals surface area contributed by atoms with Gasteiger partial charge in [0, 0.05) is 23.4 Å². The molecule has 0 unspecified atom stereocenters. The average molecular weight is 298 g/mol. The predicted octanol–water partition coefficient (Wildman–Crippen LogP) is 1.67. The molecule has 0 bridgehead atoms. The zero-order valence-corrected chi connectivity index (χ0v) is 11.3. The summed E-state index contributed by atoms with van der Waals surface area (Å²) in [4.78, 5) is 15.8.